The first kappa shape index (κ1) is 14.8. The fourth-order valence-corrected chi connectivity index (χ4v) is 2.33. The van der Waals surface area contributed by atoms with Crippen LogP contribution >= 0.6 is 11.6 Å². The number of allylic oxidation sites excluding steroid dienone is 1. The first-order valence-electron chi connectivity index (χ1n) is 6.57. The third-order valence-corrected chi connectivity index (χ3v) is 3.66. The Morgan fingerprint density at radius 1 is 1.45 bits per heavy atom. The molecule has 20 heavy (non-hydrogen) atoms. The standard InChI is InChI=1S/C15H18ClN3O/c1-10(20)15(17)12-6-7-18-9-14(12)19-8-11-4-2-3-5-13(11)16/h2-5,18H,6-9,17H2,1H3/b15-12-,19-14?. The molecule has 0 saturated carbocycles. The van der Waals surface area contributed by atoms with Gasteiger partial charge in [0.1, 0.15) is 0 Å². The topological polar surface area (TPSA) is 67.5 Å². The van der Waals surface area contributed by atoms with Crippen LogP contribution in [-0.4, -0.2) is 24.6 Å². The Labute approximate surface area is 123 Å². The van der Waals surface area contributed by atoms with Crippen LogP contribution in [0, 0.1) is 0 Å². The van der Waals surface area contributed by atoms with Crippen molar-refractivity contribution in [2.24, 2.45) is 10.7 Å². The van der Waals surface area contributed by atoms with Gasteiger partial charge in [0.15, 0.2) is 5.78 Å². The highest BCUT2D eigenvalue weighted by Gasteiger charge is 2.18. The zero-order valence-corrected chi connectivity index (χ0v) is 12.2. The van der Waals surface area contributed by atoms with Crippen LogP contribution in [0.3, 0.4) is 0 Å². The number of nitrogens with one attached hydrogen (secondary N) is 1. The summed E-state index contributed by atoms with van der Waals surface area (Å²) in [6.45, 7) is 3.42. The van der Waals surface area contributed by atoms with Crippen LogP contribution in [0.5, 0.6) is 0 Å². The van der Waals surface area contributed by atoms with Gasteiger partial charge in [-0.1, -0.05) is 29.8 Å². The average molecular weight is 292 g/mol. The number of ketones is 1. The fraction of sp³-hybridized carbons (Fsp3) is 0.333. The molecule has 106 valence electrons. The minimum absolute atomic E-state index is 0.104. The maximum atomic E-state index is 11.4. The van der Waals surface area contributed by atoms with Gasteiger partial charge in [-0.2, -0.15) is 0 Å². The second-order valence-electron chi connectivity index (χ2n) is 4.73. The number of hydrogen-bond donors (Lipinski definition) is 2. The van der Waals surface area contributed by atoms with Gasteiger partial charge in [0, 0.05) is 24.1 Å². The molecule has 3 N–H and O–H groups in total. The predicted octanol–water partition coefficient (Wildman–Crippen LogP) is 2.08. The molecule has 1 saturated heterocycles. The molecule has 5 heteroatoms. The summed E-state index contributed by atoms with van der Waals surface area (Å²) in [4.78, 5) is 16.0. The molecule has 2 rings (SSSR count). The number of carbonyl (C=O) groups is 1. The van der Waals surface area contributed by atoms with E-state index in [0.29, 0.717) is 23.8 Å². The maximum absolute atomic E-state index is 11.4. The van der Waals surface area contributed by atoms with Gasteiger partial charge < -0.3 is 11.1 Å². The predicted molar refractivity (Wildman–Crippen MR) is 82.0 cm³/mol. The van der Waals surface area contributed by atoms with Crippen LogP contribution in [0.25, 0.3) is 0 Å². The van der Waals surface area contributed by atoms with Gasteiger partial charge in [0.25, 0.3) is 0 Å². The Morgan fingerprint density at radius 2 is 2.20 bits per heavy atom. The van der Waals surface area contributed by atoms with Gasteiger partial charge >= 0.3 is 0 Å². The maximum Gasteiger partial charge on any atom is 0.175 e. The van der Waals surface area contributed by atoms with Crippen molar-refractivity contribution in [1.29, 1.82) is 0 Å². The summed E-state index contributed by atoms with van der Waals surface area (Å²) in [7, 11) is 0. The van der Waals surface area contributed by atoms with Crippen molar-refractivity contribution in [3.8, 4) is 0 Å². The molecule has 1 aliphatic rings. The zero-order valence-electron chi connectivity index (χ0n) is 11.4. The minimum atomic E-state index is -0.104. The van der Waals surface area contributed by atoms with Gasteiger partial charge in [-0.25, -0.2) is 0 Å². The molecule has 0 spiro atoms. The van der Waals surface area contributed by atoms with E-state index in [1.165, 1.54) is 6.92 Å². The van der Waals surface area contributed by atoms with Crippen LogP contribution in [0.15, 0.2) is 40.5 Å². The Morgan fingerprint density at radius 3 is 2.90 bits per heavy atom. The lowest BCUT2D eigenvalue weighted by atomic mass is 9.99. The van der Waals surface area contributed by atoms with Crippen molar-refractivity contribution < 1.29 is 4.79 Å². The van der Waals surface area contributed by atoms with E-state index in [-0.39, 0.29) is 5.78 Å². The molecule has 0 unspecified atom stereocenters. The molecule has 0 atom stereocenters. The number of nitrogens with two attached hydrogens (primary N) is 1. The van der Waals surface area contributed by atoms with Crippen LogP contribution in [0.4, 0.5) is 0 Å². The molecule has 0 amide bonds. The molecule has 1 heterocycles. The number of benzene rings is 1. The summed E-state index contributed by atoms with van der Waals surface area (Å²) in [5, 5.41) is 3.94. The second kappa shape index (κ2) is 6.68. The van der Waals surface area contributed by atoms with Gasteiger partial charge in [-0.15, -0.1) is 0 Å². The highest BCUT2D eigenvalue weighted by Crippen LogP contribution is 2.18. The fourth-order valence-electron chi connectivity index (χ4n) is 2.13. The molecule has 1 fully saturated rings. The average Bonchev–Trinajstić information content (AvgIpc) is 2.46. The molecule has 0 radical (unpaired) electrons. The Balaban J connectivity index is 2.25. The summed E-state index contributed by atoms with van der Waals surface area (Å²) in [5.74, 6) is -0.104. The molecule has 4 nitrogen and oxygen atoms in total. The normalized spacial score (nSPS) is 20.0. The quantitative estimate of drug-likeness (QED) is 0.838. The van der Waals surface area contributed by atoms with Crippen LogP contribution < -0.4 is 11.1 Å². The lowest BCUT2D eigenvalue weighted by molar-refractivity contribution is -0.113. The lowest BCUT2D eigenvalue weighted by Crippen LogP contribution is -2.34. The number of aliphatic imine (C=N–C) groups is 1. The third kappa shape index (κ3) is 3.46. The van der Waals surface area contributed by atoms with Gasteiger partial charge in [-0.3, -0.25) is 9.79 Å². The SMILES string of the molecule is CC(=O)/C(N)=C1\CCNCC1=NCc1ccccc1Cl. The number of piperidine rings is 1. The first-order chi connectivity index (χ1) is 9.59. The third-order valence-electron chi connectivity index (χ3n) is 3.30. The number of rotatable bonds is 3. The van der Waals surface area contributed by atoms with E-state index < -0.39 is 0 Å². The molecule has 0 bridgehead atoms. The van der Waals surface area contributed by atoms with Crippen LogP contribution in [0.2, 0.25) is 5.02 Å². The molecule has 0 aromatic heterocycles. The molecule has 1 aromatic carbocycles. The van der Waals surface area contributed by atoms with E-state index in [2.05, 4.69) is 10.3 Å². The molecular formula is C15H18ClN3O. The van der Waals surface area contributed by atoms with E-state index in [0.717, 1.165) is 29.8 Å². The Bertz CT molecular complexity index is 578. The lowest BCUT2D eigenvalue weighted by Gasteiger charge is -2.20. The largest absolute Gasteiger partial charge is 0.396 e. The molecule has 1 aromatic rings. The van der Waals surface area contributed by atoms with Crippen molar-refractivity contribution >= 4 is 23.1 Å². The number of hydrogen-bond acceptors (Lipinski definition) is 4. The number of Topliss-reactive ketones (excluding diaryl/α,β-unsaturated/α-hetero) is 1. The summed E-state index contributed by atoms with van der Waals surface area (Å²) in [5.41, 5.74) is 8.88. The Hall–Kier alpha value is -1.65. The second-order valence-corrected chi connectivity index (χ2v) is 5.14. The van der Waals surface area contributed by atoms with Crippen molar-refractivity contribution in [2.45, 2.75) is 19.9 Å². The van der Waals surface area contributed by atoms with Crippen molar-refractivity contribution in [3.63, 3.8) is 0 Å². The van der Waals surface area contributed by atoms with E-state index in [1.54, 1.807) is 0 Å². The number of nitrogens with zero attached hydrogens (tertiary/aromatic N) is 1. The van der Waals surface area contributed by atoms with E-state index in [4.69, 9.17) is 17.3 Å². The first-order valence-corrected chi connectivity index (χ1v) is 6.94. The molecule has 0 aliphatic carbocycles. The van der Waals surface area contributed by atoms with Gasteiger partial charge in [0.05, 0.1) is 18.0 Å². The summed E-state index contributed by atoms with van der Waals surface area (Å²) >= 11 is 6.12. The highest BCUT2D eigenvalue weighted by atomic mass is 35.5. The highest BCUT2D eigenvalue weighted by molar-refractivity contribution is 6.31. The smallest absolute Gasteiger partial charge is 0.175 e. The minimum Gasteiger partial charge on any atom is -0.396 e. The molecule has 1 aliphatic heterocycles. The van der Waals surface area contributed by atoms with Gasteiger partial charge in [-0.05, 0) is 24.6 Å². The van der Waals surface area contributed by atoms with Gasteiger partial charge in [0.2, 0.25) is 0 Å². The van der Waals surface area contributed by atoms with E-state index in [9.17, 15) is 4.79 Å². The van der Waals surface area contributed by atoms with Crippen molar-refractivity contribution in [1.82, 2.24) is 5.32 Å². The summed E-state index contributed by atoms with van der Waals surface area (Å²) in [6.07, 6.45) is 0.729. The monoisotopic (exact) mass is 291 g/mol. The molecular weight excluding hydrogens is 274 g/mol. The summed E-state index contributed by atoms with van der Waals surface area (Å²) < 4.78 is 0. The zero-order chi connectivity index (χ0) is 14.5. The van der Waals surface area contributed by atoms with E-state index >= 15 is 0 Å². The van der Waals surface area contributed by atoms with Crippen molar-refractivity contribution in [3.05, 3.63) is 46.1 Å². The Kier molecular flexibility index (Phi) is 4.93. The number of carbonyl (C=O) groups excluding carboxylic acids is 1. The number of halogens is 1. The van der Waals surface area contributed by atoms with Crippen LogP contribution in [-0.2, 0) is 11.3 Å². The van der Waals surface area contributed by atoms with Crippen molar-refractivity contribution in [2.75, 3.05) is 13.1 Å². The van der Waals surface area contributed by atoms with Crippen LogP contribution in [0.1, 0.15) is 18.9 Å². The van der Waals surface area contributed by atoms with E-state index in [1.807, 2.05) is 24.3 Å². The summed E-state index contributed by atoms with van der Waals surface area (Å²) in [6, 6.07) is 7.61.